The van der Waals surface area contributed by atoms with Gasteiger partial charge in [-0.25, -0.2) is 0 Å². The minimum atomic E-state index is -0.822. The highest BCUT2D eigenvalue weighted by atomic mass is 16.6. The summed E-state index contributed by atoms with van der Waals surface area (Å²) in [6.07, 6.45) is 0.311. The molecule has 142 valence electrons. The van der Waals surface area contributed by atoms with Crippen LogP contribution in [0.5, 0.6) is 0 Å². The molecule has 0 spiro atoms. The van der Waals surface area contributed by atoms with Gasteiger partial charge >= 0.3 is 0 Å². The predicted octanol–water partition coefficient (Wildman–Crippen LogP) is 0.171. The highest BCUT2D eigenvalue weighted by molar-refractivity contribution is 5.98. The Balaban J connectivity index is 2.12. The van der Waals surface area contributed by atoms with Gasteiger partial charge in [0.1, 0.15) is 11.6 Å². The molecule has 3 atom stereocenters. The Kier molecular flexibility index (Phi) is 6.50. The molecule has 0 saturated carbocycles. The van der Waals surface area contributed by atoms with Crippen molar-refractivity contribution in [2.75, 3.05) is 13.2 Å². The van der Waals surface area contributed by atoms with Crippen LogP contribution in [0, 0.1) is 5.92 Å². The first-order valence-corrected chi connectivity index (χ1v) is 8.79. The molecule has 1 aromatic rings. The zero-order valence-corrected chi connectivity index (χ0v) is 15.5. The quantitative estimate of drug-likeness (QED) is 0.543. The molecule has 7 nitrogen and oxygen atoms in total. The van der Waals surface area contributed by atoms with Gasteiger partial charge in [0.15, 0.2) is 5.78 Å². The molecule has 1 aliphatic heterocycles. The van der Waals surface area contributed by atoms with Crippen LogP contribution in [0.4, 0.5) is 0 Å². The maximum atomic E-state index is 12.8. The maximum absolute atomic E-state index is 12.8. The van der Waals surface area contributed by atoms with E-state index in [0.29, 0.717) is 13.0 Å². The minimum absolute atomic E-state index is 0.102. The van der Waals surface area contributed by atoms with Crippen molar-refractivity contribution in [3.05, 3.63) is 35.9 Å². The summed E-state index contributed by atoms with van der Waals surface area (Å²) in [5.74, 6) is -1.09. The van der Waals surface area contributed by atoms with Gasteiger partial charge in [0.25, 0.3) is 0 Å². The Morgan fingerprint density at radius 1 is 1.19 bits per heavy atom. The molecule has 0 aromatic heterocycles. The molecule has 4 N–H and O–H groups in total. The average molecular weight is 361 g/mol. The number of ketones is 1. The van der Waals surface area contributed by atoms with Gasteiger partial charge in [-0.3, -0.25) is 14.4 Å². The van der Waals surface area contributed by atoms with Crippen molar-refractivity contribution in [3.8, 4) is 0 Å². The van der Waals surface area contributed by atoms with Crippen molar-refractivity contribution >= 4 is 17.6 Å². The zero-order valence-electron chi connectivity index (χ0n) is 15.5. The molecule has 0 bridgehead atoms. The van der Waals surface area contributed by atoms with Crippen LogP contribution in [-0.2, 0) is 25.5 Å². The van der Waals surface area contributed by atoms with E-state index in [1.165, 1.54) is 0 Å². The second-order valence-corrected chi connectivity index (χ2v) is 7.13. The fourth-order valence-corrected chi connectivity index (χ4v) is 2.68. The van der Waals surface area contributed by atoms with E-state index in [4.69, 9.17) is 10.5 Å². The number of hydrogen-bond donors (Lipinski definition) is 3. The van der Waals surface area contributed by atoms with Crippen molar-refractivity contribution in [3.63, 3.8) is 0 Å². The largest absolute Gasteiger partial charge is 0.361 e. The van der Waals surface area contributed by atoms with Gasteiger partial charge in [0.2, 0.25) is 11.8 Å². The Morgan fingerprint density at radius 3 is 2.31 bits per heavy atom. The first-order valence-electron chi connectivity index (χ1n) is 8.79. The second kappa shape index (κ2) is 8.42. The number of epoxide rings is 1. The summed E-state index contributed by atoms with van der Waals surface area (Å²) in [5, 5.41) is 5.42. The molecule has 26 heavy (non-hydrogen) atoms. The monoisotopic (exact) mass is 361 g/mol. The number of ether oxygens (including phenoxy) is 1. The Bertz CT molecular complexity index is 656. The Hall–Kier alpha value is -2.25. The summed E-state index contributed by atoms with van der Waals surface area (Å²) < 4.78 is 5.22. The average Bonchev–Trinajstić information content (AvgIpc) is 3.37. The van der Waals surface area contributed by atoms with E-state index < -0.39 is 29.5 Å². The predicted molar refractivity (Wildman–Crippen MR) is 97.3 cm³/mol. The molecule has 1 heterocycles. The summed E-state index contributed by atoms with van der Waals surface area (Å²) in [5.41, 5.74) is 5.44. The highest BCUT2D eigenvalue weighted by Crippen LogP contribution is 2.29. The van der Waals surface area contributed by atoms with E-state index in [-0.39, 0.29) is 18.2 Å². The molecule has 1 aliphatic rings. The van der Waals surface area contributed by atoms with Crippen LogP contribution >= 0.6 is 0 Å². The SMILES string of the molecule is CC(C)C(NC(=O)[C@H](Cc1ccccc1)NC(=O)CN)C(=O)[C@@]1(C)CO1. The van der Waals surface area contributed by atoms with Crippen LogP contribution in [0.25, 0.3) is 0 Å². The van der Waals surface area contributed by atoms with Gasteiger partial charge < -0.3 is 21.1 Å². The lowest BCUT2D eigenvalue weighted by Crippen LogP contribution is -2.56. The van der Waals surface area contributed by atoms with Crippen LogP contribution in [0.2, 0.25) is 0 Å². The van der Waals surface area contributed by atoms with E-state index in [0.717, 1.165) is 5.56 Å². The number of amides is 2. The third kappa shape index (κ3) is 5.12. The Labute approximate surface area is 153 Å². The van der Waals surface area contributed by atoms with Crippen LogP contribution < -0.4 is 16.4 Å². The number of nitrogens with one attached hydrogen (secondary N) is 2. The fraction of sp³-hybridized carbons (Fsp3) is 0.526. The lowest BCUT2D eigenvalue weighted by Gasteiger charge is -2.26. The number of carbonyl (C=O) groups is 3. The van der Waals surface area contributed by atoms with Crippen LogP contribution in [0.1, 0.15) is 26.3 Å². The van der Waals surface area contributed by atoms with E-state index in [9.17, 15) is 14.4 Å². The molecule has 2 rings (SSSR count). The lowest BCUT2D eigenvalue weighted by molar-refractivity contribution is -0.133. The maximum Gasteiger partial charge on any atom is 0.243 e. The van der Waals surface area contributed by atoms with Crippen molar-refractivity contribution in [1.82, 2.24) is 10.6 Å². The number of rotatable bonds is 9. The third-order valence-corrected chi connectivity index (χ3v) is 4.47. The van der Waals surface area contributed by atoms with Crippen LogP contribution in [0.15, 0.2) is 30.3 Å². The van der Waals surface area contributed by atoms with E-state index in [1.54, 1.807) is 6.92 Å². The van der Waals surface area contributed by atoms with Crippen LogP contribution in [0.3, 0.4) is 0 Å². The van der Waals surface area contributed by atoms with Crippen molar-refractivity contribution < 1.29 is 19.1 Å². The molecule has 0 aliphatic carbocycles. The summed E-state index contributed by atoms with van der Waals surface area (Å²) in [6.45, 7) is 5.59. The second-order valence-electron chi connectivity index (χ2n) is 7.13. The highest BCUT2D eigenvalue weighted by Gasteiger charge is 2.50. The van der Waals surface area contributed by atoms with Gasteiger partial charge in [-0.1, -0.05) is 44.2 Å². The summed E-state index contributed by atoms with van der Waals surface area (Å²) >= 11 is 0. The molecular weight excluding hydrogens is 334 g/mol. The van der Waals surface area contributed by atoms with E-state index in [2.05, 4.69) is 10.6 Å². The Morgan fingerprint density at radius 2 is 1.81 bits per heavy atom. The summed E-state index contributed by atoms with van der Waals surface area (Å²) in [7, 11) is 0. The van der Waals surface area contributed by atoms with Gasteiger partial charge in [-0.15, -0.1) is 0 Å². The number of carbonyl (C=O) groups excluding carboxylic acids is 3. The number of hydrogen-bond acceptors (Lipinski definition) is 5. The van der Waals surface area contributed by atoms with E-state index in [1.807, 2.05) is 44.2 Å². The molecule has 1 unspecified atom stereocenters. The first-order chi connectivity index (χ1) is 12.3. The van der Waals surface area contributed by atoms with Crippen LogP contribution in [-0.4, -0.2) is 48.4 Å². The molecule has 1 fully saturated rings. The van der Waals surface area contributed by atoms with Crippen molar-refractivity contribution in [2.24, 2.45) is 11.7 Å². The lowest BCUT2D eigenvalue weighted by atomic mass is 9.91. The van der Waals surface area contributed by atoms with Gasteiger partial charge in [-0.2, -0.15) is 0 Å². The van der Waals surface area contributed by atoms with Gasteiger partial charge in [-0.05, 0) is 18.4 Å². The third-order valence-electron chi connectivity index (χ3n) is 4.47. The molecule has 1 aromatic carbocycles. The molecular formula is C19H27N3O4. The van der Waals surface area contributed by atoms with Gasteiger partial charge in [0, 0.05) is 6.42 Å². The standard InChI is InChI=1S/C19H27N3O4/c1-12(2)16(17(24)19(3)11-26-19)22-18(25)14(21-15(23)10-20)9-13-7-5-4-6-8-13/h4-8,12,14,16H,9-11,20H2,1-3H3,(H,21,23)(H,22,25)/t14-,16?,19+/m0/s1. The topological polar surface area (TPSA) is 114 Å². The summed E-state index contributed by atoms with van der Waals surface area (Å²) in [6, 6.07) is 7.86. The molecule has 2 amide bonds. The smallest absolute Gasteiger partial charge is 0.243 e. The normalized spacial score (nSPS) is 21.0. The minimum Gasteiger partial charge on any atom is -0.361 e. The number of nitrogens with two attached hydrogens (primary N) is 1. The first kappa shape index (κ1) is 20.1. The zero-order chi connectivity index (χ0) is 19.3. The molecule has 1 saturated heterocycles. The molecule has 7 heteroatoms. The molecule has 0 radical (unpaired) electrons. The van der Waals surface area contributed by atoms with Crippen molar-refractivity contribution in [1.29, 1.82) is 0 Å². The van der Waals surface area contributed by atoms with Gasteiger partial charge in [0.05, 0.1) is 19.2 Å². The van der Waals surface area contributed by atoms with Crippen molar-refractivity contribution in [2.45, 2.75) is 44.9 Å². The fourth-order valence-electron chi connectivity index (χ4n) is 2.68. The number of Topliss-reactive ketones (excluding diaryl/α,β-unsaturated/α-hetero) is 1. The van der Waals surface area contributed by atoms with E-state index >= 15 is 0 Å². The summed E-state index contributed by atoms with van der Waals surface area (Å²) in [4.78, 5) is 37.2. The number of benzene rings is 1.